The Morgan fingerprint density at radius 2 is 1.10 bits per heavy atom. The Morgan fingerprint density at radius 1 is 0.508 bits per heavy atom. The lowest BCUT2D eigenvalue weighted by Gasteiger charge is -2.43. The monoisotopic (exact) mass is 849 g/mol. The molecule has 0 aliphatic carbocycles. The molecular weight excluding hydrogens is 807 g/mol. The number of pyridine rings is 1. The molecule has 0 atom stereocenters. The van der Waals surface area contributed by atoms with Gasteiger partial charge in [0.05, 0.1) is 34.8 Å². The van der Waals surface area contributed by atoms with E-state index >= 15 is 0 Å². The fraction of sp³-hybridized carbons (Fsp3) is 0.173. The lowest BCUT2D eigenvalue weighted by Crippen LogP contribution is -2.26. The van der Waals surface area contributed by atoms with E-state index in [0.717, 1.165) is 34.0 Å². The molecule has 0 fully saturated rings. The number of ether oxygens (including phenoxy) is 1. The molecular formula is C52H43N5OS3. The third-order valence-electron chi connectivity index (χ3n) is 12.2. The van der Waals surface area contributed by atoms with Gasteiger partial charge in [-0.05, 0) is 107 Å². The van der Waals surface area contributed by atoms with Gasteiger partial charge >= 0.3 is 0 Å². The van der Waals surface area contributed by atoms with E-state index in [4.69, 9.17) is 9.72 Å². The summed E-state index contributed by atoms with van der Waals surface area (Å²) in [4.78, 5) is 19.9. The maximum absolute atomic E-state index is 6.71. The molecule has 4 aliphatic rings. The van der Waals surface area contributed by atoms with Crippen LogP contribution in [0.25, 0.3) is 27.6 Å². The molecule has 8 aromatic rings. The van der Waals surface area contributed by atoms with Gasteiger partial charge in [0.2, 0.25) is 0 Å². The molecule has 0 N–H and O–H groups in total. The van der Waals surface area contributed by atoms with Crippen LogP contribution in [0.4, 0.5) is 28.4 Å². The van der Waals surface area contributed by atoms with E-state index in [9.17, 15) is 0 Å². The number of hydrogen-bond acceptors (Lipinski definition) is 8. The number of fused-ring (bicyclic) bond motifs is 3. The van der Waals surface area contributed by atoms with E-state index in [0.29, 0.717) is 6.67 Å². The molecule has 0 radical (unpaired) electrons. The molecule has 0 saturated heterocycles. The van der Waals surface area contributed by atoms with Crippen molar-refractivity contribution in [1.82, 2.24) is 9.55 Å². The minimum Gasteiger partial charge on any atom is -0.457 e. The Hall–Kier alpha value is -5.74. The van der Waals surface area contributed by atoms with Gasteiger partial charge < -0.3 is 19.4 Å². The zero-order chi connectivity index (χ0) is 41.4. The zero-order valence-corrected chi connectivity index (χ0v) is 37.3. The number of benzene rings is 6. The quantitative estimate of drug-likeness (QED) is 0.170. The molecule has 6 nitrogen and oxygen atoms in total. The van der Waals surface area contributed by atoms with Gasteiger partial charge in [0.15, 0.2) is 0 Å². The van der Waals surface area contributed by atoms with Gasteiger partial charge in [0.25, 0.3) is 0 Å². The summed E-state index contributed by atoms with van der Waals surface area (Å²) < 4.78 is 9.00. The molecule has 0 unspecified atom stereocenters. The predicted molar refractivity (Wildman–Crippen MR) is 255 cm³/mol. The van der Waals surface area contributed by atoms with Gasteiger partial charge in [-0.2, -0.15) is 0 Å². The van der Waals surface area contributed by atoms with Gasteiger partial charge in [0.1, 0.15) is 17.3 Å². The average molecular weight is 850 g/mol. The highest BCUT2D eigenvalue weighted by molar-refractivity contribution is 8.01. The molecule has 9 heteroatoms. The van der Waals surface area contributed by atoms with Crippen molar-refractivity contribution in [3.8, 4) is 17.3 Å². The second-order valence-electron chi connectivity index (χ2n) is 18.3. The van der Waals surface area contributed by atoms with Gasteiger partial charge in [-0.1, -0.05) is 101 Å². The van der Waals surface area contributed by atoms with Crippen LogP contribution in [-0.4, -0.2) is 16.2 Å². The van der Waals surface area contributed by atoms with E-state index in [2.05, 4.69) is 188 Å². The van der Waals surface area contributed by atoms with Crippen molar-refractivity contribution in [3.05, 3.63) is 151 Å². The normalized spacial score (nSPS) is 15.0. The molecule has 2 aromatic heterocycles. The Balaban J connectivity index is 0.852. The number of rotatable bonds is 5. The summed E-state index contributed by atoms with van der Waals surface area (Å²) in [5.41, 5.74) is 11.0. The lowest BCUT2D eigenvalue weighted by atomic mass is 9.86. The maximum Gasteiger partial charge on any atom is 0.137 e. The summed E-state index contributed by atoms with van der Waals surface area (Å²) in [6.45, 7) is 14.3. The standard InChI is InChI=1S/C52H43N5OS3/c1-51(2,3)31-16-19-39-38(24-31)37-18-17-36(29-40(37)56(39)47-25-32(20-21-53-47)52(4,5)6)58-35-11-7-10-33(26-35)54-22-23-55(30-54)34-27-45-50-46(28-34)61-44-15-9-13-42-49(44)57(50)48-41(59-42)12-8-14-43(48)60-45/h7-29H,30H2,1-6H3. The highest BCUT2D eigenvalue weighted by Gasteiger charge is 2.39. The molecule has 0 spiro atoms. The number of para-hydroxylation sites is 2. The summed E-state index contributed by atoms with van der Waals surface area (Å²) in [5, 5.41) is 2.40. The van der Waals surface area contributed by atoms with Crippen molar-refractivity contribution in [2.45, 2.75) is 81.7 Å². The number of anilines is 5. The molecule has 61 heavy (non-hydrogen) atoms. The van der Waals surface area contributed by atoms with Crippen LogP contribution in [0, 0.1) is 0 Å². The third kappa shape index (κ3) is 5.99. The van der Waals surface area contributed by atoms with Crippen LogP contribution in [-0.2, 0) is 10.8 Å². The molecule has 12 rings (SSSR count). The summed E-state index contributed by atoms with van der Waals surface area (Å²) in [7, 11) is 0. The van der Waals surface area contributed by atoms with Crippen molar-refractivity contribution in [2.24, 2.45) is 0 Å². The number of hydrogen-bond donors (Lipinski definition) is 0. The molecule has 6 heterocycles. The molecule has 0 amide bonds. The first-order chi connectivity index (χ1) is 29.4. The maximum atomic E-state index is 6.71. The third-order valence-corrected chi connectivity index (χ3v) is 15.4. The Kier molecular flexibility index (Phi) is 8.13. The summed E-state index contributed by atoms with van der Waals surface area (Å²) in [5.74, 6) is 2.48. The van der Waals surface area contributed by atoms with Crippen LogP contribution in [0.2, 0.25) is 0 Å². The van der Waals surface area contributed by atoms with Crippen LogP contribution in [0.5, 0.6) is 11.5 Å². The summed E-state index contributed by atoms with van der Waals surface area (Å²) in [6, 6.07) is 44.3. The minimum absolute atomic E-state index is 0.00655. The second-order valence-corrected chi connectivity index (χ2v) is 21.5. The first-order valence-electron chi connectivity index (χ1n) is 20.8. The van der Waals surface area contributed by atoms with Crippen LogP contribution in [0.3, 0.4) is 0 Å². The SMILES string of the molecule is CC(C)(C)c1ccnc(-n2c3ccc(C(C)(C)C)cc3c3ccc(Oc4cccc(N5C=CN(c6cc7c8c(c6)Sc6cccc9c6N8c6c(cccc6S7)S9)C5)c4)cc32)c1. The second kappa shape index (κ2) is 13.4. The Bertz CT molecular complexity index is 3120. The first-order valence-corrected chi connectivity index (χ1v) is 23.2. The minimum atomic E-state index is -0.00655. The fourth-order valence-corrected chi connectivity index (χ4v) is 12.6. The van der Waals surface area contributed by atoms with Crippen molar-refractivity contribution >= 4 is 85.5 Å². The van der Waals surface area contributed by atoms with E-state index < -0.39 is 0 Å². The summed E-state index contributed by atoms with van der Waals surface area (Å²) >= 11 is 5.67. The largest absolute Gasteiger partial charge is 0.457 e. The van der Waals surface area contributed by atoms with Crippen LogP contribution >= 0.6 is 35.3 Å². The Labute approximate surface area is 369 Å². The van der Waals surface area contributed by atoms with Crippen LogP contribution < -0.4 is 19.4 Å². The smallest absolute Gasteiger partial charge is 0.137 e. The van der Waals surface area contributed by atoms with Gasteiger partial charge in [0, 0.05) is 82.2 Å². The van der Waals surface area contributed by atoms with Crippen LogP contribution in [0.1, 0.15) is 52.7 Å². The molecule has 4 aliphatic heterocycles. The Morgan fingerprint density at radius 3 is 1.77 bits per heavy atom. The fourth-order valence-electron chi connectivity index (χ4n) is 8.98. The van der Waals surface area contributed by atoms with E-state index in [1.165, 1.54) is 74.0 Å². The zero-order valence-electron chi connectivity index (χ0n) is 34.9. The highest BCUT2D eigenvalue weighted by Crippen LogP contribution is 2.66. The van der Waals surface area contributed by atoms with E-state index in [1.807, 2.05) is 47.5 Å². The van der Waals surface area contributed by atoms with E-state index in [-0.39, 0.29) is 10.8 Å². The lowest BCUT2D eigenvalue weighted by molar-refractivity contribution is 0.483. The predicted octanol–water partition coefficient (Wildman–Crippen LogP) is 15.2. The molecule has 6 aromatic carbocycles. The van der Waals surface area contributed by atoms with Crippen molar-refractivity contribution in [2.75, 3.05) is 21.4 Å². The highest BCUT2D eigenvalue weighted by atomic mass is 32.2. The van der Waals surface area contributed by atoms with Crippen LogP contribution in [0.15, 0.2) is 169 Å². The number of aromatic nitrogens is 2. The van der Waals surface area contributed by atoms with Crippen molar-refractivity contribution in [3.63, 3.8) is 0 Å². The van der Waals surface area contributed by atoms with Crippen molar-refractivity contribution in [1.29, 1.82) is 0 Å². The number of nitrogens with zero attached hydrogens (tertiary/aromatic N) is 5. The van der Waals surface area contributed by atoms with Gasteiger partial charge in [-0.25, -0.2) is 4.98 Å². The molecule has 0 bridgehead atoms. The van der Waals surface area contributed by atoms with Gasteiger partial charge in [-0.3, -0.25) is 4.57 Å². The van der Waals surface area contributed by atoms with Gasteiger partial charge in [-0.15, -0.1) is 0 Å². The topological polar surface area (TPSA) is 36.8 Å². The average Bonchev–Trinajstić information content (AvgIpc) is 3.87. The summed E-state index contributed by atoms with van der Waals surface area (Å²) in [6.07, 6.45) is 6.30. The van der Waals surface area contributed by atoms with E-state index in [1.54, 1.807) is 0 Å². The van der Waals surface area contributed by atoms with Crippen molar-refractivity contribution < 1.29 is 4.74 Å². The molecule has 300 valence electrons. The first kappa shape index (κ1) is 37.1. The molecule has 0 saturated carbocycles.